The molecule has 2 N–H and O–H groups in total. The number of rotatable bonds is 7. The molecule has 2 aromatic heterocycles. The van der Waals surface area contributed by atoms with Gasteiger partial charge in [0.05, 0.1) is 12.1 Å². The molecule has 0 saturated heterocycles. The summed E-state index contributed by atoms with van der Waals surface area (Å²) in [4.78, 5) is 29.6. The standard InChI is InChI=1S/C21H24N4O3/c1-14(2)15-7-9-16(10-8-15)23-20(26)18-17-6-4-5-12-25(17)19(24-18)21(27)22-11-13-28-3/h4-10,12,14H,11,13H2,1-3H3,(H,22,27)(H,23,26). The second-order valence-electron chi connectivity index (χ2n) is 6.72. The monoisotopic (exact) mass is 380 g/mol. The zero-order valence-corrected chi connectivity index (χ0v) is 16.2. The lowest BCUT2D eigenvalue weighted by Crippen LogP contribution is -2.28. The molecule has 28 heavy (non-hydrogen) atoms. The SMILES string of the molecule is COCCNC(=O)c1nc(C(=O)Nc2ccc(C(C)C)cc2)c2ccccn12. The summed E-state index contributed by atoms with van der Waals surface area (Å²) in [7, 11) is 1.56. The van der Waals surface area contributed by atoms with Crippen molar-refractivity contribution in [2.75, 3.05) is 25.6 Å². The number of fused-ring (bicyclic) bond motifs is 1. The number of hydrogen-bond donors (Lipinski definition) is 2. The van der Waals surface area contributed by atoms with Crippen LogP contribution in [0.2, 0.25) is 0 Å². The zero-order chi connectivity index (χ0) is 20.1. The van der Waals surface area contributed by atoms with Crippen LogP contribution in [0.1, 0.15) is 46.4 Å². The van der Waals surface area contributed by atoms with Crippen LogP contribution in [-0.4, -0.2) is 41.5 Å². The number of amides is 2. The molecule has 0 aliphatic rings. The first kappa shape index (κ1) is 19.6. The van der Waals surface area contributed by atoms with Crippen molar-refractivity contribution in [2.45, 2.75) is 19.8 Å². The number of imidazole rings is 1. The summed E-state index contributed by atoms with van der Waals surface area (Å²) in [6.07, 6.45) is 1.71. The molecule has 7 nitrogen and oxygen atoms in total. The largest absolute Gasteiger partial charge is 0.383 e. The van der Waals surface area contributed by atoms with E-state index in [2.05, 4.69) is 29.5 Å². The van der Waals surface area contributed by atoms with Gasteiger partial charge in [0.2, 0.25) is 5.82 Å². The van der Waals surface area contributed by atoms with Gasteiger partial charge in [0.25, 0.3) is 11.8 Å². The first-order chi connectivity index (χ1) is 13.5. The number of aromatic nitrogens is 2. The van der Waals surface area contributed by atoms with Crippen LogP contribution in [0.5, 0.6) is 0 Å². The lowest BCUT2D eigenvalue weighted by atomic mass is 10.0. The van der Waals surface area contributed by atoms with E-state index in [1.54, 1.807) is 35.9 Å². The molecule has 2 heterocycles. The highest BCUT2D eigenvalue weighted by molar-refractivity contribution is 6.08. The van der Waals surface area contributed by atoms with Crippen LogP contribution in [0.4, 0.5) is 5.69 Å². The first-order valence-electron chi connectivity index (χ1n) is 9.16. The van der Waals surface area contributed by atoms with Gasteiger partial charge < -0.3 is 15.4 Å². The Hall–Kier alpha value is -3.19. The molecule has 0 aliphatic heterocycles. The summed E-state index contributed by atoms with van der Waals surface area (Å²) in [5.41, 5.74) is 2.64. The normalized spacial score (nSPS) is 11.0. The number of hydrogen-bond acceptors (Lipinski definition) is 4. The lowest BCUT2D eigenvalue weighted by Gasteiger charge is -2.07. The Morgan fingerprint density at radius 3 is 2.54 bits per heavy atom. The third-order valence-electron chi connectivity index (χ3n) is 4.39. The molecule has 0 spiro atoms. The van der Waals surface area contributed by atoms with E-state index in [1.165, 1.54) is 5.56 Å². The fourth-order valence-corrected chi connectivity index (χ4v) is 2.85. The van der Waals surface area contributed by atoms with Gasteiger partial charge in [-0.15, -0.1) is 0 Å². The van der Waals surface area contributed by atoms with Gasteiger partial charge in [-0.2, -0.15) is 0 Å². The summed E-state index contributed by atoms with van der Waals surface area (Å²) in [5.74, 6) is -0.149. The molecule has 2 amide bonds. The molecule has 0 fully saturated rings. The minimum Gasteiger partial charge on any atom is -0.383 e. The molecule has 0 aliphatic carbocycles. The topological polar surface area (TPSA) is 84.7 Å². The molecule has 146 valence electrons. The maximum Gasteiger partial charge on any atom is 0.287 e. The number of methoxy groups -OCH3 is 1. The van der Waals surface area contributed by atoms with E-state index in [-0.39, 0.29) is 23.3 Å². The number of carbonyl (C=O) groups is 2. The van der Waals surface area contributed by atoms with E-state index in [1.807, 2.05) is 24.3 Å². The summed E-state index contributed by atoms with van der Waals surface area (Å²) in [6.45, 7) is 4.99. The highest BCUT2D eigenvalue weighted by Crippen LogP contribution is 2.19. The van der Waals surface area contributed by atoms with E-state index in [9.17, 15) is 9.59 Å². The van der Waals surface area contributed by atoms with Gasteiger partial charge in [-0.05, 0) is 35.7 Å². The Morgan fingerprint density at radius 2 is 1.86 bits per heavy atom. The average molecular weight is 380 g/mol. The third kappa shape index (κ3) is 4.20. The molecular weight excluding hydrogens is 356 g/mol. The Bertz CT molecular complexity index is 977. The number of carbonyl (C=O) groups excluding carboxylic acids is 2. The Morgan fingerprint density at radius 1 is 1.11 bits per heavy atom. The van der Waals surface area contributed by atoms with Gasteiger partial charge in [0.1, 0.15) is 0 Å². The Balaban J connectivity index is 1.85. The van der Waals surface area contributed by atoms with Crippen molar-refractivity contribution in [3.8, 4) is 0 Å². The van der Waals surface area contributed by atoms with Crippen LogP contribution < -0.4 is 10.6 Å². The van der Waals surface area contributed by atoms with Crippen molar-refractivity contribution < 1.29 is 14.3 Å². The number of pyridine rings is 1. The molecule has 1 aromatic carbocycles. The second-order valence-corrected chi connectivity index (χ2v) is 6.72. The van der Waals surface area contributed by atoms with Crippen molar-refractivity contribution in [1.29, 1.82) is 0 Å². The minimum atomic E-state index is -0.364. The lowest BCUT2D eigenvalue weighted by molar-refractivity contribution is 0.0926. The number of nitrogens with zero attached hydrogens (tertiary/aromatic N) is 2. The average Bonchev–Trinajstić information content (AvgIpc) is 3.08. The van der Waals surface area contributed by atoms with E-state index in [4.69, 9.17) is 4.74 Å². The molecular formula is C21H24N4O3. The number of ether oxygens (including phenoxy) is 1. The van der Waals surface area contributed by atoms with Crippen molar-refractivity contribution in [1.82, 2.24) is 14.7 Å². The number of anilines is 1. The highest BCUT2D eigenvalue weighted by Gasteiger charge is 2.21. The van der Waals surface area contributed by atoms with Gasteiger partial charge >= 0.3 is 0 Å². The molecule has 0 unspecified atom stereocenters. The van der Waals surface area contributed by atoms with Crippen LogP contribution in [-0.2, 0) is 4.74 Å². The first-order valence-corrected chi connectivity index (χ1v) is 9.16. The molecule has 7 heteroatoms. The third-order valence-corrected chi connectivity index (χ3v) is 4.39. The summed E-state index contributed by atoms with van der Waals surface area (Å²) < 4.78 is 6.55. The van der Waals surface area contributed by atoms with Crippen molar-refractivity contribution in [2.24, 2.45) is 0 Å². The van der Waals surface area contributed by atoms with E-state index in [0.717, 1.165) is 0 Å². The van der Waals surface area contributed by atoms with Crippen LogP contribution in [0.25, 0.3) is 5.52 Å². The second kappa shape index (κ2) is 8.67. The van der Waals surface area contributed by atoms with Gasteiger partial charge in [0, 0.05) is 25.5 Å². The summed E-state index contributed by atoms with van der Waals surface area (Å²) >= 11 is 0. The molecule has 0 saturated carbocycles. The van der Waals surface area contributed by atoms with Crippen LogP contribution in [0.3, 0.4) is 0 Å². The predicted molar refractivity (Wildman–Crippen MR) is 108 cm³/mol. The van der Waals surface area contributed by atoms with Gasteiger partial charge in [-0.25, -0.2) is 4.98 Å². The van der Waals surface area contributed by atoms with Crippen LogP contribution in [0, 0.1) is 0 Å². The van der Waals surface area contributed by atoms with E-state index in [0.29, 0.717) is 30.3 Å². The van der Waals surface area contributed by atoms with Crippen LogP contribution >= 0.6 is 0 Å². The summed E-state index contributed by atoms with van der Waals surface area (Å²) in [5, 5.41) is 5.59. The molecule has 3 aromatic rings. The van der Waals surface area contributed by atoms with Crippen molar-refractivity contribution in [3.63, 3.8) is 0 Å². The van der Waals surface area contributed by atoms with Gasteiger partial charge in [-0.1, -0.05) is 32.0 Å². The van der Waals surface area contributed by atoms with E-state index < -0.39 is 0 Å². The zero-order valence-electron chi connectivity index (χ0n) is 16.2. The summed E-state index contributed by atoms with van der Waals surface area (Å²) in [6, 6.07) is 13.1. The number of benzene rings is 1. The Kier molecular flexibility index (Phi) is 6.06. The molecule has 0 atom stereocenters. The smallest absolute Gasteiger partial charge is 0.287 e. The van der Waals surface area contributed by atoms with E-state index >= 15 is 0 Å². The maximum atomic E-state index is 12.8. The maximum absolute atomic E-state index is 12.8. The Labute approximate surface area is 163 Å². The van der Waals surface area contributed by atoms with Crippen molar-refractivity contribution in [3.05, 3.63) is 65.7 Å². The predicted octanol–water partition coefficient (Wildman–Crippen LogP) is 3.09. The van der Waals surface area contributed by atoms with Crippen molar-refractivity contribution >= 4 is 23.0 Å². The molecule has 3 rings (SSSR count). The molecule has 0 bridgehead atoms. The van der Waals surface area contributed by atoms with Gasteiger partial charge in [-0.3, -0.25) is 14.0 Å². The van der Waals surface area contributed by atoms with Gasteiger partial charge in [0.15, 0.2) is 5.69 Å². The van der Waals surface area contributed by atoms with Crippen LogP contribution in [0.15, 0.2) is 48.7 Å². The number of nitrogens with one attached hydrogen (secondary N) is 2. The minimum absolute atomic E-state index is 0.159. The fraction of sp³-hybridized carbons (Fsp3) is 0.286. The highest BCUT2D eigenvalue weighted by atomic mass is 16.5. The fourth-order valence-electron chi connectivity index (χ4n) is 2.85. The molecule has 0 radical (unpaired) electrons. The quantitative estimate of drug-likeness (QED) is 0.617.